The maximum atomic E-state index is 12.2. The zero-order valence-corrected chi connectivity index (χ0v) is 11.3. The van der Waals surface area contributed by atoms with Crippen LogP contribution < -0.4 is 0 Å². The quantitative estimate of drug-likeness (QED) is 0.597. The number of benzene rings is 1. The number of rotatable bonds is 2. The minimum absolute atomic E-state index is 0.0398. The van der Waals surface area contributed by atoms with E-state index in [0.29, 0.717) is 18.4 Å². The lowest BCUT2D eigenvalue weighted by Crippen LogP contribution is -2.34. The highest BCUT2D eigenvalue weighted by Crippen LogP contribution is 2.33. The molecule has 0 heterocycles. The minimum Gasteiger partial charge on any atom is -0.294 e. The van der Waals surface area contributed by atoms with Gasteiger partial charge >= 0.3 is 0 Å². The highest BCUT2D eigenvalue weighted by Gasteiger charge is 2.37. The molecule has 1 aliphatic carbocycles. The molecule has 0 radical (unpaired) electrons. The molecule has 2 heteroatoms. The van der Waals surface area contributed by atoms with Gasteiger partial charge in [-0.05, 0) is 18.1 Å². The fourth-order valence-electron chi connectivity index (χ4n) is 2.15. The van der Waals surface area contributed by atoms with Crippen LogP contribution >= 0.6 is 0 Å². The van der Waals surface area contributed by atoms with Gasteiger partial charge in [0.25, 0.3) is 0 Å². The van der Waals surface area contributed by atoms with E-state index in [1.54, 1.807) is 12.2 Å². The summed E-state index contributed by atoms with van der Waals surface area (Å²) in [5.41, 5.74) is 0.970. The molecule has 1 saturated carbocycles. The summed E-state index contributed by atoms with van der Waals surface area (Å²) in [6, 6.07) is 9.80. The van der Waals surface area contributed by atoms with Crippen LogP contribution in [0, 0.1) is 5.41 Å². The third-order valence-corrected chi connectivity index (χ3v) is 3.49. The molecule has 1 aromatic rings. The first-order chi connectivity index (χ1) is 9.00. The average molecular weight is 254 g/mol. The topological polar surface area (TPSA) is 34.1 Å². The monoisotopic (exact) mass is 254 g/mol. The number of Topliss-reactive ketones (excluding diaryl/α,β-unsaturated/α-hetero) is 2. The van der Waals surface area contributed by atoms with Gasteiger partial charge in [-0.25, -0.2) is 0 Å². The van der Waals surface area contributed by atoms with Crippen LogP contribution in [0.5, 0.6) is 0 Å². The average Bonchev–Trinajstić information content (AvgIpc) is 2.40. The molecule has 1 fully saturated rings. The van der Waals surface area contributed by atoms with E-state index in [1.807, 2.05) is 50.3 Å². The Labute approximate surface area is 113 Å². The summed E-state index contributed by atoms with van der Waals surface area (Å²) < 4.78 is 0. The van der Waals surface area contributed by atoms with Crippen molar-refractivity contribution in [3.63, 3.8) is 0 Å². The van der Waals surface area contributed by atoms with Gasteiger partial charge in [-0.2, -0.15) is 0 Å². The van der Waals surface area contributed by atoms with Gasteiger partial charge in [0, 0.05) is 11.8 Å². The standard InChI is InChI=1S/C17H18O2/c1-17(2)12-11-15(18)14(16(17)19)10-6-9-13-7-4-3-5-8-13/h3-10H,11-12H2,1-2H3/b9-6+,14-10+. The predicted molar refractivity (Wildman–Crippen MR) is 76.6 cm³/mol. The Morgan fingerprint density at radius 2 is 1.79 bits per heavy atom. The molecule has 0 aromatic heterocycles. The van der Waals surface area contributed by atoms with Crippen molar-refractivity contribution < 1.29 is 9.59 Å². The van der Waals surface area contributed by atoms with Crippen LogP contribution in [0.1, 0.15) is 32.3 Å². The van der Waals surface area contributed by atoms with Crippen LogP contribution in [-0.4, -0.2) is 11.6 Å². The Hall–Kier alpha value is -1.96. The maximum absolute atomic E-state index is 12.2. The van der Waals surface area contributed by atoms with Crippen molar-refractivity contribution in [2.24, 2.45) is 5.41 Å². The molecule has 1 aliphatic rings. The third kappa shape index (κ3) is 3.08. The second-order valence-electron chi connectivity index (χ2n) is 5.49. The second kappa shape index (κ2) is 5.35. The molecule has 1 aromatic carbocycles. The number of allylic oxidation sites excluding steroid dienone is 3. The van der Waals surface area contributed by atoms with Gasteiger partial charge in [0.2, 0.25) is 0 Å². The van der Waals surface area contributed by atoms with Gasteiger partial charge in [-0.1, -0.05) is 56.3 Å². The van der Waals surface area contributed by atoms with Crippen molar-refractivity contribution >= 4 is 17.6 Å². The summed E-state index contributed by atoms with van der Waals surface area (Å²) >= 11 is 0. The summed E-state index contributed by atoms with van der Waals surface area (Å²) in [5, 5.41) is 0. The van der Waals surface area contributed by atoms with Crippen LogP contribution in [0.4, 0.5) is 0 Å². The van der Waals surface area contributed by atoms with Crippen LogP contribution in [0.15, 0.2) is 48.1 Å². The summed E-state index contributed by atoms with van der Waals surface area (Å²) in [7, 11) is 0. The van der Waals surface area contributed by atoms with Crippen molar-refractivity contribution in [3.05, 3.63) is 53.6 Å². The third-order valence-electron chi connectivity index (χ3n) is 3.49. The van der Waals surface area contributed by atoms with Crippen LogP contribution in [-0.2, 0) is 9.59 Å². The first-order valence-corrected chi connectivity index (χ1v) is 6.52. The van der Waals surface area contributed by atoms with Gasteiger partial charge in [-0.15, -0.1) is 0 Å². The number of hydrogen-bond donors (Lipinski definition) is 0. The van der Waals surface area contributed by atoms with Gasteiger partial charge in [0.05, 0.1) is 5.57 Å². The van der Waals surface area contributed by atoms with Crippen LogP contribution in [0.25, 0.3) is 6.08 Å². The maximum Gasteiger partial charge on any atom is 0.172 e. The Bertz CT molecular complexity index is 548. The van der Waals surface area contributed by atoms with Crippen LogP contribution in [0.3, 0.4) is 0 Å². The van der Waals surface area contributed by atoms with Gasteiger partial charge in [-0.3, -0.25) is 9.59 Å². The number of ketones is 2. The zero-order valence-electron chi connectivity index (χ0n) is 11.3. The summed E-state index contributed by atoms with van der Waals surface area (Å²) in [4.78, 5) is 24.0. The Morgan fingerprint density at radius 1 is 1.11 bits per heavy atom. The Balaban J connectivity index is 2.20. The van der Waals surface area contributed by atoms with E-state index in [4.69, 9.17) is 0 Å². The fraction of sp³-hybridized carbons (Fsp3) is 0.294. The molecule has 0 unspecified atom stereocenters. The molecular formula is C17H18O2. The van der Waals surface area contributed by atoms with Crippen molar-refractivity contribution in [2.75, 3.05) is 0 Å². The fourth-order valence-corrected chi connectivity index (χ4v) is 2.15. The van der Waals surface area contributed by atoms with Crippen LogP contribution in [0.2, 0.25) is 0 Å². The summed E-state index contributed by atoms with van der Waals surface area (Å²) in [5.74, 6) is -0.0801. The molecular weight excluding hydrogens is 236 g/mol. The SMILES string of the molecule is CC1(C)CCC(=O)/C(=C\C=C\c2ccccc2)C1=O. The van der Waals surface area contributed by atoms with E-state index >= 15 is 0 Å². The van der Waals surface area contributed by atoms with Crippen molar-refractivity contribution in [3.8, 4) is 0 Å². The molecule has 2 rings (SSSR count). The largest absolute Gasteiger partial charge is 0.294 e. The summed E-state index contributed by atoms with van der Waals surface area (Å²) in [6.07, 6.45) is 6.43. The van der Waals surface area contributed by atoms with Crippen molar-refractivity contribution in [1.82, 2.24) is 0 Å². The van der Waals surface area contributed by atoms with E-state index in [2.05, 4.69) is 0 Å². The number of hydrogen-bond acceptors (Lipinski definition) is 2. The molecule has 98 valence electrons. The van der Waals surface area contributed by atoms with Crippen molar-refractivity contribution in [2.45, 2.75) is 26.7 Å². The Kier molecular flexibility index (Phi) is 3.79. The first kappa shape index (κ1) is 13.5. The molecule has 2 nitrogen and oxygen atoms in total. The van der Waals surface area contributed by atoms with E-state index in [-0.39, 0.29) is 11.6 Å². The van der Waals surface area contributed by atoms with E-state index < -0.39 is 5.41 Å². The normalized spacial score (nSPS) is 21.3. The highest BCUT2D eigenvalue weighted by atomic mass is 16.2. The van der Waals surface area contributed by atoms with Gasteiger partial charge < -0.3 is 0 Å². The van der Waals surface area contributed by atoms with Crippen molar-refractivity contribution in [1.29, 1.82) is 0 Å². The molecule has 0 bridgehead atoms. The molecule has 19 heavy (non-hydrogen) atoms. The molecule has 0 amide bonds. The molecule has 0 spiro atoms. The zero-order chi connectivity index (χ0) is 13.9. The van der Waals surface area contributed by atoms with E-state index in [1.165, 1.54) is 0 Å². The molecule has 0 aliphatic heterocycles. The lowest BCUT2D eigenvalue weighted by molar-refractivity contribution is -0.130. The number of carbonyl (C=O) groups excluding carboxylic acids is 2. The molecule has 0 atom stereocenters. The molecule has 0 saturated heterocycles. The number of carbonyl (C=O) groups is 2. The smallest absolute Gasteiger partial charge is 0.172 e. The minimum atomic E-state index is -0.416. The predicted octanol–water partition coefficient (Wildman–Crippen LogP) is 3.58. The van der Waals surface area contributed by atoms with E-state index in [9.17, 15) is 9.59 Å². The van der Waals surface area contributed by atoms with E-state index in [0.717, 1.165) is 5.56 Å². The molecule has 0 N–H and O–H groups in total. The van der Waals surface area contributed by atoms with Gasteiger partial charge in [0.15, 0.2) is 11.6 Å². The first-order valence-electron chi connectivity index (χ1n) is 6.52. The highest BCUT2D eigenvalue weighted by molar-refractivity contribution is 6.23. The summed E-state index contributed by atoms with van der Waals surface area (Å²) in [6.45, 7) is 3.80. The lowest BCUT2D eigenvalue weighted by Gasteiger charge is -2.28. The second-order valence-corrected chi connectivity index (χ2v) is 5.49. The lowest BCUT2D eigenvalue weighted by atomic mass is 9.73. The Morgan fingerprint density at radius 3 is 2.47 bits per heavy atom. The van der Waals surface area contributed by atoms with Gasteiger partial charge in [0.1, 0.15) is 0 Å².